The van der Waals surface area contributed by atoms with Crippen LogP contribution in [0.25, 0.3) is 0 Å². The Morgan fingerprint density at radius 1 is 1.11 bits per heavy atom. The molecule has 1 amide bonds. The second kappa shape index (κ2) is 4.41. The van der Waals surface area contributed by atoms with Gasteiger partial charge in [-0.1, -0.05) is 23.8 Å². The van der Waals surface area contributed by atoms with Gasteiger partial charge in [-0.25, -0.2) is 0 Å². The van der Waals surface area contributed by atoms with Crippen LogP contribution in [0, 0.1) is 0 Å². The summed E-state index contributed by atoms with van der Waals surface area (Å²) >= 11 is 0. The summed E-state index contributed by atoms with van der Waals surface area (Å²) in [5.74, 6) is 0.0376. The first-order valence-electron chi connectivity index (χ1n) is 6.44. The summed E-state index contributed by atoms with van der Waals surface area (Å²) in [6.07, 6.45) is 4.50. The highest BCUT2D eigenvalue weighted by atomic mass is 16.2. The van der Waals surface area contributed by atoms with Gasteiger partial charge in [-0.05, 0) is 44.7 Å². The second-order valence-electron chi connectivity index (χ2n) is 4.82. The van der Waals surface area contributed by atoms with Crippen LogP contribution in [0.1, 0.15) is 32.6 Å². The Kier molecular flexibility index (Phi) is 2.74. The fourth-order valence-corrected chi connectivity index (χ4v) is 2.71. The van der Waals surface area contributed by atoms with Gasteiger partial charge in [-0.15, -0.1) is 0 Å². The van der Waals surface area contributed by atoms with E-state index in [2.05, 4.69) is 5.10 Å². The van der Waals surface area contributed by atoms with E-state index >= 15 is 0 Å². The van der Waals surface area contributed by atoms with E-state index in [9.17, 15) is 4.79 Å². The highest BCUT2D eigenvalue weighted by molar-refractivity contribution is 6.30. The van der Waals surface area contributed by atoms with Crippen molar-refractivity contribution in [1.82, 2.24) is 0 Å². The van der Waals surface area contributed by atoms with Crippen LogP contribution in [-0.2, 0) is 4.79 Å². The van der Waals surface area contributed by atoms with E-state index in [0.29, 0.717) is 0 Å². The lowest BCUT2D eigenvalue weighted by atomic mass is 10.0. The molecule has 1 aliphatic carbocycles. The van der Waals surface area contributed by atoms with Crippen molar-refractivity contribution in [3.8, 4) is 0 Å². The summed E-state index contributed by atoms with van der Waals surface area (Å²) < 4.78 is 0. The largest absolute Gasteiger partial charge is 0.280 e. The zero-order valence-corrected chi connectivity index (χ0v) is 10.5. The fourth-order valence-electron chi connectivity index (χ4n) is 2.71. The summed E-state index contributed by atoms with van der Waals surface area (Å²) in [5.41, 5.74) is 3.85. The van der Waals surface area contributed by atoms with Gasteiger partial charge in [0.2, 0.25) is 0 Å². The van der Waals surface area contributed by atoms with Gasteiger partial charge >= 0.3 is 0 Å². The van der Waals surface area contributed by atoms with Crippen molar-refractivity contribution >= 4 is 17.3 Å². The number of para-hydroxylation sites is 1. The van der Waals surface area contributed by atoms with Crippen molar-refractivity contribution in [2.75, 3.05) is 5.01 Å². The quantitative estimate of drug-likeness (QED) is 0.693. The van der Waals surface area contributed by atoms with Crippen molar-refractivity contribution in [2.24, 2.45) is 5.10 Å². The Hall–Kier alpha value is -1.90. The third-order valence-corrected chi connectivity index (χ3v) is 3.58. The van der Waals surface area contributed by atoms with E-state index < -0.39 is 0 Å². The summed E-state index contributed by atoms with van der Waals surface area (Å²) in [5, 5.41) is 5.93. The van der Waals surface area contributed by atoms with Gasteiger partial charge in [-0.2, -0.15) is 10.1 Å². The number of rotatable bonds is 1. The van der Waals surface area contributed by atoms with Gasteiger partial charge in [0.25, 0.3) is 5.91 Å². The van der Waals surface area contributed by atoms with Gasteiger partial charge in [0.05, 0.1) is 17.0 Å². The lowest BCUT2D eigenvalue weighted by Gasteiger charge is -2.11. The van der Waals surface area contributed by atoms with Gasteiger partial charge < -0.3 is 0 Å². The SMILES string of the molecule is CC1=NN(c2ccccc2)C(=O)C1=C1CCCC1. The Labute approximate surface area is 107 Å². The topological polar surface area (TPSA) is 32.7 Å². The van der Waals surface area contributed by atoms with E-state index in [-0.39, 0.29) is 5.91 Å². The number of amides is 1. The van der Waals surface area contributed by atoms with Crippen molar-refractivity contribution in [2.45, 2.75) is 32.6 Å². The minimum absolute atomic E-state index is 0.0376. The molecule has 0 radical (unpaired) electrons. The molecule has 0 unspecified atom stereocenters. The maximum atomic E-state index is 12.5. The summed E-state index contributed by atoms with van der Waals surface area (Å²) in [4.78, 5) is 12.5. The predicted octanol–water partition coefficient (Wildman–Crippen LogP) is 3.28. The van der Waals surface area contributed by atoms with Gasteiger partial charge in [-0.3, -0.25) is 4.79 Å². The van der Waals surface area contributed by atoms with Gasteiger partial charge in [0.1, 0.15) is 0 Å². The van der Waals surface area contributed by atoms with Gasteiger partial charge in [0, 0.05) is 0 Å². The highest BCUT2D eigenvalue weighted by Gasteiger charge is 2.31. The minimum atomic E-state index is 0.0376. The maximum absolute atomic E-state index is 12.5. The summed E-state index contributed by atoms with van der Waals surface area (Å²) in [6, 6.07) is 9.62. The molecule has 1 saturated carbocycles. The first-order chi connectivity index (χ1) is 8.77. The maximum Gasteiger partial charge on any atom is 0.280 e. The number of benzene rings is 1. The van der Waals surface area contributed by atoms with E-state index in [1.54, 1.807) is 0 Å². The van der Waals surface area contributed by atoms with E-state index in [0.717, 1.165) is 29.8 Å². The van der Waals surface area contributed by atoms with Crippen LogP contribution in [0.2, 0.25) is 0 Å². The lowest BCUT2D eigenvalue weighted by Crippen LogP contribution is -2.22. The summed E-state index contributed by atoms with van der Waals surface area (Å²) in [7, 11) is 0. The predicted molar refractivity (Wildman–Crippen MR) is 72.5 cm³/mol. The number of nitrogens with zero attached hydrogens (tertiary/aromatic N) is 2. The molecule has 0 spiro atoms. The smallest absolute Gasteiger partial charge is 0.267 e. The average molecular weight is 240 g/mol. The van der Waals surface area contributed by atoms with E-state index in [1.807, 2.05) is 37.3 Å². The Balaban J connectivity index is 1.99. The fraction of sp³-hybridized carbons (Fsp3) is 0.333. The van der Waals surface area contributed by atoms with Crippen LogP contribution in [0.5, 0.6) is 0 Å². The number of hydrogen-bond donors (Lipinski definition) is 0. The Morgan fingerprint density at radius 2 is 1.78 bits per heavy atom. The molecule has 92 valence electrons. The number of anilines is 1. The first kappa shape index (κ1) is 11.2. The minimum Gasteiger partial charge on any atom is -0.267 e. The molecule has 1 heterocycles. The molecule has 1 aromatic carbocycles. The first-order valence-corrected chi connectivity index (χ1v) is 6.44. The number of hydrogen-bond acceptors (Lipinski definition) is 2. The molecule has 1 aromatic rings. The lowest BCUT2D eigenvalue weighted by molar-refractivity contribution is -0.114. The van der Waals surface area contributed by atoms with Gasteiger partial charge in [0.15, 0.2) is 0 Å². The van der Waals surface area contributed by atoms with Crippen molar-refractivity contribution in [3.05, 3.63) is 41.5 Å². The molecule has 3 nitrogen and oxygen atoms in total. The van der Waals surface area contributed by atoms with E-state index in [1.165, 1.54) is 23.4 Å². The van der Waals surface area contributed by atoms with E-state index in [4.69, 9.17) is 0 Å². The normalized spacial score (nSPS) is 19.7. The molecule has 0 N–H and O–H groups in total. The van der Waals surface area contributed by atoms with Crippen molar-refractivity contribution < 1.29 is 4.79 Å². The Morgan fingerprint density at radius 3 is 2.44 bits per heavy atom. The zero-order valence-electron chi connectivity index (χ0n) is 10.5. The number of allylic oxidation sites excluding steroid dienone is 1. The number of carbonyl (C=O) groups is 1. The van der Waals surface area contributed by atoms with Crippen LogP contribution in [-0.4, -0.2) is 11.6 Å². The number of hydrazone groups is 1. The second-order valence-corrected chi connectivity index (χ2v) is 4.82. The molecule has 18 heavy (non-hydrogen) atoms. The van der Waals surface area contributed by atoms with Crippen LogP contribution in [0.4, 0.5) is 5.69 Å². The Bertz CT molecular complexity index is 535. The molecular weight excluding hydrogens is 224 g/mol. The van der Waals surface area contributed by atoms with Crippen LogP contribution < -0.4 is 5.01 Å². The standard InChI is InChI=1S/C15H16N2O/c1-11-14(12-7-5-6-8-12)15(18)17(16-11)13-9-3-2-4-10-13/h2-4,9-10H,5-8H2,1H3. The highest BCUT2D eigenvalue weighted by Crippen LogP contribution is 2.32. The molecular formula is C15H16N2O. The molecule has 1 aliphatic heterocycles. The summed E-state index contributed by atoms with van der Waals surface area (Å²) in [6.45, 7) is 1.93. The third kappa shape index (κ3) is 1.76. The molecule has 0 atom stereocenters. The molecule has 1 fully saturated rings. The molecule has 2 aliphatic rings. The molecule has 0 aromatic heterocycles. The van der Waals surface area contributed by atoms with Crippen LogP contribution in [0.3, 0.4) is 0 Å². The molecule has 3 rings (SSSR count). The monoisotopic (exact) mass is 240 g/mol. The molecule has 0 bridgehead atoms. The number of carbonyl (C=O) groups excluding carboxylic acids is 1. The third-order valence-electron chi connectivity index (χ3n) is 3.58. The average Bonchev–Trinajstić information content (AvgIpc) is 2.99. The van der Waals surface area contributed by atoms with Crippen LogP contribution >= 0.6 is 0 Å². The zero-order chi connectivity index (χ0) is 12.5. The van der Waals surface area contributed by atoms with Crippen LogP contribution in [0.15, 0.2) is 46.6 Å². The van der Waals surface area contributed by atoms with Crippen molar-refractivity contribution in [3.63, 3.8) is 0 Å². The molecule has 0 saturated heterocycles. The van der Waals surface area contributed by atoms with Crippen molar-refractivity contribution in [1.29, 1.82) is 0 Å². The molecule has 3 heteroatoms.